The van der Waals surface area contributed by atoms with Gasteiger partial charge < -0.3 is 5.32 Å². The zero-order valence-electron chi connectivity index (χ0n) is 11.5. The molecule has 3 heterocycles. The lowest BCUT2D eigenvalue weighted by atomic mass is 9.86. The number of amides is 1. The average Bonchev–Trinajstić information content (AvgIpc) is 3.16. The third-order valence-corrected chi connectivity index (χ3v) is 4.83. The number of carbonyl (C=O) groups excluding carboxylic acids is 1. The van der Waals surface area contributed by atoms with Crippen molar-refractivity contribution in [3.8, 4) is 11.3 Å². The molecule has 1 amide bonds. The summed E-state index contributed by atoms with van der Waals surface area (Å²) in [5.74, 6) is 0.648. The first kappa shape index (κ1) is 13.5. The summed E-state index contributed by atoms with van der Waals surface area (Å²) in [4.78, 5) is 11.9. The molecule has 2 aromatic heterocycles. The van der Waals surface area contributed by atoms with Crippen molar-refractivity contribution >= 4 is 34.7 Å². The Hall–Kier alpha value is -2.11. The molecule has 0 radical (unpaired) electrons. The van der Waals surface area contributed by atoms with Gasteiger partial charge in [-0.2, -0.15) is 16.4 Å². The molecule has 22 heavy (non-hydrogen) atoms. The molecule has 3 aromatic rings. The minimum Gasteiger partial charge on any atom is -0.309 e. The van der Waals surface area contributed by atoms with Crippen LogP contribution in [-0.4, -0.2) is 16.1 Å². The highest BCUT2D eigenvalue weighted by molar-refractivity contribution is 7.08. The quantitative estimate of drug-likeness (QED) is 0.737. The SMILES string of the molecule is O=C1C[C@@H](c2ccsc2)c2c(n[nH]c2-c2ccc(Cl)cc2)N1. The maximum atomic E-state index is 11.9. The highest BCUT2D eigenvalue weighted by Crippen LogP contribution is 2.42. The largest absolute Gasteiger partial charge is 0.309 e. The molecule has 6 heteroatoms. The Kier molecular flexibility index (Phi) is 3.24. The smallest absolute Gasteiger partial charge is 0.226 e. The van der Waals surface area contributed by atoms with E-state index >= 15 is 0 Å². The molecule has 0 unspecified atom stereocenters. The van der Waals surface area contributed by atoms with E-state index in [1.54, 1.807) is 11.3 Å². The monoisotopic (exact) mass is 329 g/mol. The summed E-state index contributed by atoms with van der Waals surface area (Å²) in [6, 6.07) is 9.68. The third kappa shape index (κ3) is 2.23. The Labute approximate surface area is 136 Å². The molecule has 1 aromatic carbocycles. The third-order valence-electron chi connectivity index (χ3n) is 3.88. The maximum absolute atomic E-state index is 11.9. The molecule has 0 saturated carbocycles. The summed E-state index contributed by atoms with van der Waals surface area (Å²) >= 11 is 7.60. The predicted molar refractivity (Wildman–Crippen MR) is 88.4 cm³/mol. The number of rotatable bonds is 2. The number of thiophene rings is 1. The van der Waals surface area contributed by atoms with Crippen LogP contribution < -0.4 is 5.32 Å². The molecule has 0 fully saturated rings. The highest BCUT2D eigenvalue weighted by atomic mass is 35.5. The van der Waals surface area contributed by atoms with Gasteiger partial charge in [-0.25, -0.2) is 0 Å². The number of nitrogens with one attached hydrogen (secondary N) is 2. The number of hydrogen-bond donors (Lipinski definition) is 2. The van der Waals surface area contributed by atoms with Gasteiger partial charge in [-0.3, -0.25) is 9.89 Å². The average molecular weight is 330 g/mol. The lowest BCUT2D eigenvalue weighted by Crippen LogP contribution is -2.23. The molecule has 1 atom stereocenters. The van der Waals surface area contributed by atoms with E-state index in [2.05, 4.69) is 27.0 Å². The molecule has 2 N–H and O–H groups in total. The normalized spacial score (nSPS) is 17.1. The zero-order valence-corrected chi connectivity index (χ0v) is 13.0. The number of H-pyrrole nitrogens is 1. The van der Waals surface area contributed by atoms with Gasteiger partial charge in [0.25, 0.3) is 0 Å². The topological polar surface area (TPSA) is 57.8 Å². The Morgan fingerprint density at radius 3 is 2.77 bits per heavy atom. The Morgan fingerprint density at radius 2 is 2.05 bits per heavy atom. The van der Waals surface area contributed by atoms with E-state index < -0.39 is 0 Å². The first-order valence-electron chi connectivity index (χ1n) is 6.88. The second-order valence-corrected chi connectivity index (χ2v) is 6.45. The molecule has 0 bridgehead atoms. The summed E-state index contributed by atoms with van der Waals surface area (Å²) in [5.41, 5.74) is 4.13. The van der Waals surface area contributed by atoms with Crippen molar-refractivity contribution in [1.29, 1.82) is 0 Å². The van der Waals surface area contributed by atoms with E-state index in [0.29, 0.717) is 17.3 Å². The van der Waals surface area contributed by atoms with Gasteiger partial charge in [0.1, 0.15) is 0 Å². The van der Waals surface area contributed by atoms with E-state index in [0.717, 1.165) is 22.4 Å². The van der Waals surface area contributed by atoms with Gasteiger partial charge in [0.15, 0.2) is 5.82 Å². The lowest BCUT2D eigenvalue weighted by Gasteiger charge is -2.22. The fourth-order valence-corrected chi connectivity index (χ4v) is 3.69. The number of hydrogen-bond acceptors (Lipinski definition) is 3. The van der Waals surface area contributed by atoms with Gasteiger partial charge in [0, 0.05) is 28.5 Å². The van der Waals surface area contributed by atoms with Gasteiger partial charge in [-0.1, -0.05) is 23.7 Å². The van der Waals surface area contributed by atoms with Gasteiger partial charge in [-0.15, -0.1) is 0 Å². The number of aromatic amines is 1. The van der Waals surface area contributed by atoms with Crippen molar-refractivity contribution in [2.24, 2.45) is 0 Å². The predicted octanol–water partition coefficient (Wildman–Crippen LogP) is 4.27. The molecule has 1 aliphatic rings. The molecule has 110 valence electrons. The summed E-state index contributed by atoms with van der Waals surface area (Å²) < 4.78 is 0. The van der Waals surface area contributed by atoms with Crippen molar-refractivity contribution < 1.29 is 4.79 Å². The second kappa shape index (κ2) is 5.26. The van der Waals surface area contributed by atoms with E-state index in [-0.39, 0.29) is 11.8 Å². The number of halogens is 1. The summed E-state index contributed by atoms with van der Waals surface area (Å²) in [5, 5.41) is 15.0. The number of fused-ring (bicyclic) bond motifs is 1. The van der Waals surface area contributed by atoms with E-state index in [1.807, 2.05) is 29.6 Å². The van der Waals surface area contributed by atoms with E-state index in [9.17, 15) is 4.79 Å². The standard InChI is InChI=1S/C16H12ClN3OS/c17-11-3-1-9(2-4-11)15-14-12(10-5-6-22-8-10)7-13(21)18-16(14)20-19-15/h1-6,8,12H,7H2,(H2,18,19,20,21)/t12-/m0/s1. The van der Waals surface area contributed by atoms with Crippen LogP contribution >= 0.6 is 22.9 Å². The van der Waals surface area contributed by atoms with E-state index in [4.69, 9.17) is 11.6 Å². The van der Waals surface area contributed by atoms with Crippen LogP contribution in [0.5, 0.6) is 0 Å². The van der Waals surface area contributed by atoms with Crippen molar-refractivity contribution in [2.75, 3.05) is 5.32 Å². The molecular weight excluding hydrogens is 318 g/mol. The number of carbonyl (C=O) groups is 1. The zero-order chi connectivity index (χ0) is 15.1. The molecule has 0 spiro atoms. The maximum Gasteiger partial charge on any atom is 0.226 e. The van der Waals surface area contributed by atoms with E-state index in [1.165, 1.54) is 0 Å². The van der Waals surface area contributed by atoms with Crippen LogP contribution in [0.3, 0.4) is 0 Å². The lowest BCUT2D eigenvalue weighted by molar-refractivity contribution is -0.116. The van der Waals surface area contributed by atoms with Crippen LogP contribution in [0.15, 0.2) is 41.1 Å². The Balaban J connectivity index is 1.87. The van der Waals surface area contributed by atoms with Crippen LogP contribution in [0.2, 0.25) is 5.02 Å². The van der Waals surface area contributed by atoms with Crippen LogP contribution in [0.25, 0.3) is 11.3 Å². The number of nitrogens with zero attached hydrogens (tertiary/aromatic N) is 1. The van der Waals surface area contributed by atoms with Crippen molar-refractivity contribution in [1.82, 2.24) is 10.2 Å². The molecule has 4 nitrogen and oxygen atoms in total. The van der Waals surface area contributed by atoms with Gasteiger partial charge in [0.05, 0.1) is 5.69 Å². The summed E-state index contributed by atoms with van der Waals surface area (Å²) in [6.07, 6.45) is 0.434. The molecule has 0 aliphatic carbocycles. The molecule has 0 saturated heterocycles. The Morgan fingerprint density at radius 1 is 1.23 bits per heavy atom. The molecule has 1 aliphatic heterocycles. The van der Waals surface area contributed by atoms with Crippen LogP contribution in [0.1, 0.15) is 23.5 Å². The fourth-order valence-electron chi connectivity index (χ4n) is 2.85. The van der Waals surface area contributed by atoms with Crippen molar-refractivity contribution in [3.63, 3.8) is 0 Å². The highest BCUT2D eigenvalue weighted by Gasteiger charge is 2.32. The number of aromatic nitrogens is 2. The van der Waals surface area contributed by atoms with Crippen molar-refractivity contribution in [2.45, 2.75) is 12.3 Å². The van der Waals surface area contributed by atoms with Crippen molar-refractivity contribution in [3.05, 3.63) is 57.2 Å². The van der Waals surface area contributed by atoms with Crippen LogP contribution in [0.4, 0.5) is 5.82 Å². The summed E-state index contributed by atoms with van der Waals surface area (Å²) in [7, 11) is 0. The Bertz CT molecular complexity index is 824. The van der Waals surface area contributed by atoms with Gasteiger partial charge in [-0.05, 0) is 34.5 Å². The van der Waals surface area contributed by atoms with Gasteiger partial charge >= 0.3 is 0 Å². The molecule has 4 rings (SSSR count). The van der Waals surface area contributed by atoms with Crippen LogP contribution in [0, 0.1) is 0 Å². The van der Waals surface area contributed by atoms with Gasteiger partial charge in [0.2, 0.25) is 5.91 Å². The molecular formula is C16H12ClN3OS. The minimum absolute atomic E-state index is 0.00199. The second-order valence-electron chi connectivity index (χ2n) is 5.23. The minimum atomic E-state index is -0.00199. The fraction of sp³-hybridized carbons (Fsp3) is 0.125. The first-order chi connectivity index (χ1) is 10.7. The number of benzene rings is 1. The number of anilines is 1. The van der Waals surface area contributed by atoms with Crippen LogP contribution in [-0.2, 0) is 4.79 Å². The first-order valence-corrected chi connectivity index (χ1v) is 8.20. The summed E-state index contributed by atoms with van der Waals surface area (Å²) in [6.45, 7) is 0.